The number of benzene rings is 1. The summed E-state index contributed by atoms with van der Waals surface area (Å²) in [6, 6.07) is 10.2. The average molecular weight is 192 g/mol. The highest BCUT2D eigenvalue weighted by molar-refractivity contribution is 7.99. The molecule has 0 unspecified atom stereocenters. The van der Waals surface area contributed by atoms with E-state index in [0.717, 1.165) is 12.0 Å². The van der Waals surface area contributed by atoms with Gasteiger partial charge in [-0.25, -0.2) is 0 Å². The lowest BCUT2D eigenvalue weighted by Gasteiger charge is -1.95. The van der Waals surface area contributed by atoms with Gasteiger partial charge in [-0.05, 0) is 12.1 Å². The van der Waals surface area contributed by atoms with Gasteiger partial charge in [0.1, 0.15) is 6.29 Å². The molecular formula is C11H12OS. The van der Waals surface area contributed by atoms with Crippen molar-refractivity contribution < 1.29 is 4.79 Å². The van der Waals surface area contributed by atoms with E-state index in [2.05, 4.69) is 12.1 Å². The first-order valence-corrected chi connectivity index (χ1v) is 5.18. The first-order chi connectivity index (χ1) is 6.43. The van der Waals surface area contributed by atoms with Crippen molar-refractivity contribution in [1.82, 2.24) is 0 Å². The number of rotatable bonds is 5. The third-order valence-electron chi connectivity index (χ3n) is 1.49. The summed E-state index contributed by atoms with van der Waals surface area (Å²) in [5, 5.41) is 0. The molecule has 1 nitrogen and oxygen atoms in total. The maximum atomic E-state index is 9.98. The van der Waals surface area contributed by atoms with E-state index in [1.807, 2.05) is 30.4 Å². The minimum atomic E-state index is 0.523. The molecule has 0 spiro atoms. The van der Waals surface area contributed by atoms with Crippen LogP contribution in [0.2, 0.25) is 0 Å². The van der Waals surface area contributed by atoms with Crippen molar-refractivity contribution in [3.63, 3.8) is 0 Å². The SMILES string of the molecule is O=CC/C=C/CSc1ccccc1. The lowest BCUT2D eigenvalue weighted by atomic mass is 10.4. The molecule has 13 heavy (non-hydrogen) atoms. The topological polar surface area (TPSA) is 17.1 Å². The van der Waals surface area contributed by atoms with Crippen LogP contribution >= 0.6 is 11.8 Å². The molecule has 0 radical (unpaired) electrons. The van der Waals surface area contributed by atoms with Gasteiger partial charge in [0, 0.05) is 17.1 Å². The Balaban J connectivity index is 2.24. The largest absolute Gasteiger partial charge is 0.303 e. The van der Waals surface area contributed by atoms with Gasteiger partial charge in [-0.3, -0.25) is 0 Å². The number of carbonyl (C=O) groups excluding carboxylic acids is 1. The predicted octanol–water partition coefficient (Wildman–Crippen LogP) is 2.92. The first-order valence-electron chi connectivity index (χ1n) is 4.20. The second kappa shape index (κ2) is 6.49. The molecular weight excluding hydrogens is 180 g/mol. The van der Waals surface area contributed by atoms with Crippen LogP contribution in [-0.2, 0) is 4.79 Å². The molecule has 0 aliphatic carbocycles. The summed E-state index contributed by atoms with van der Waals surface area (Å²) in [6.07, 6.45) is 5.34. The first kappa shape index (κ1) is 10.1. The fourth-order valence-electron chi connectivity index (χ4n) is 0.881. The van der Waals surface area contributed by atoms with Crippen LogP contribution in [0.15, 0.2) is 47.4 Å². The van der Waals surface area contributed by atoms with E-state index in [0.29, 0.717) is 6.42 Å². The Hall–Kier alpha value is -1.02. The Morgan fingerprint density at radius 3 is 2.62 bits per heavy atom. The highest BCUT2D eigenvalue weighted by Gasteiger charge is 1.87. The van der Waals surface area contributed by atoms with Crippen LogP contribution in [0.1, 0.15) is 6.42 Å². The van der Waals surface area contributed by atoms with Crippen LogP contribution in [0.4, 0.5) is 0 Å². The van der Waals surface area contributed by atoms with Crippen LogP contribution < -0.4 is 0 Å². The third-order valence-corrected chi connectivity index (χ3v) is 2.45. The Labute approximate surface area is 82.9 Å². The average Bonchev–Trinajstić information content (AvgIpc) is 2.19. The molecule has 68 valence electrons. The van der Waals surface area contributed by atoms with Gasteiger partial charge in [0.2, 0.25) is 0 Å². The van der Waals surface area contributed by atoms with Crippen LogP contribution in [0.25, 0.3) is 0 Å². The molecule has 0 aliphatic rings. The van der Waals surface area contributed by atoms with Gasteiger partial charge < -0.3 is 4.79 Å². The smallest absolute Gasteiger partial charge is 0.123 e. The lowest BCUT2D eigenvalue weighted by molar-refractivity contribution is -0.107. The number of allylic oxidation sites excluding steroid dienone is 1. The third kappa shape index (κ3) is 4.53. The molecule has 0 atom stereocenters. The van der Waals surface area contributed by atoms with Crippen LogP contribution in [0.5, 0.6) is 0 Å². The van der Waals surface area contributed by atoms with Gasteiger partial charge in [0.25, 0.3) is 0 Å². The van der Waals surface area contributed by atoms with Crippen molar-refractivity contribution in [2.75, 3.05) is 5.75 Å². The van der Waals surface area contributed by atoms with Gasteiger partial charge in [-0.15, -0.1) is 11.8 Å². The number of hydrogen-bond acceptors (Lipinski definition) is 2. The fraction of sp³-hybridized carbons (Fsp3) is 0.182. The van der Waals surface area contributed by atoms with Crippen molar-refractivity contribution in [2.45, 2.75) is 11.3 Å². The van der Waals surface area contributed by atoms with Gasteiger partial charge >= 0.3 is 0 Å². The Morgan fingerprint density at radius 2 is 1.92 bits per heavy atom. The van der Waals surface area contributed by atoms with Gasteiger partial charge in [0.15, 0.2) is 0 Å². The zero-order valence-corrected chi connectivity index (χ0v) is 8.17. The molecule has 1 aromatic rings. The second-order valence-electron chi connectivity index (χ2n) is 2.50. The summed E-state index contributed by atoms with van der Waals surface area (Å²) in [6.45, 7) is 0. The Kier molecular flexibility index (Phi) is 5.02. The zero-order valence-electron chi connectivity index (χ0n) is 7.35. The van der Waals surface area contributed by atoms with Crippen molar-refractivity contribution >= 4 is 18.0 Å². The quantitative estimate of drug-likeness (QED) is 0.405. The molecule has 0 fully saturated rings. The molecule has 1 aromatic carbocycles. The Bertz CT molecular complexity index is 267. The van der Waals surface area contributed by atoms with Gasteiger partial charge in [-0.2, -0.15) is 0 Å². The molecule has 1 rings (SSSR count). The maximum absolute atomic E-state index is 9.98. The number of carbonyl (C=O) groups is 1. The minimum absolute atomic E-state index is 0.523. The number of aldehydes is 1. The normalized spacial score (nSPS) is 10.5. The predicted molar refractivity (Wildman–Crippen MR) is 57.0 cm³/mol. The van der Waals surface area contributed by atoms with E-state index < -0.39 is 0 Å². The fourth-order valence-corrected chi connectivity index (χ4v) is 1.66. The zero-order chi connectivity index (χ0) is 9.36. The van der Waals surface area contributed by atoms with E-state index >= 15 is 0 Å². The van der Waals surface area contributed by atoms with E-state index in [-0.39, 0.29) is 0 Å². The van der Waals surface area contributed by atoms with E-state index in [1.165, 1.54) is 4.90 Å². The highest BCUT2D eigenvalue weighted by Crippen LogP contribution is 2.16. The van der Waals surface area contributed by atoms with Crippen molar-refractivity contribution in [3.05, 3.63) is 42.5 Å². The summed E-state index contributed by atoms with van der Waals surface area (Å²) < 4.78 is 0. The molecule has 2 heteroatoms. The van der Waals surface area contributed by atoms with Crippen molar-refractivity contribution in [3.8, 4) is 0 Å². The summed E-state index contributed by atoms with van der Waals surface area (Å²) in [4.78, 5) is 11.2. The van der Waals surface area contributed by atoms with Crippen LogP contribution in [0.3, 0.4) is 0 Å². The number of hydrogen-bond donors (Lipinski definition) is 0. The standard InChI is InChI=1S/C11H12OS/c12-9-5-2-6-10-13-11-7-3-1-4-8-11/h1-4,6-9H,5,10H2/b6-2+. The highest BCUT2D eigenvalue weighted by atomic mass is 32.2. The van der Waals surface area contributed by atoms with Crippen LogP contribution in [-0.4, -0.2) is 12.0 Å². The van der Waals surface area contributed by atoms with Crippen LogP contribution in [0, 0.1) is 0 Å². The summed E-state index contributed by atoms with van der Waals surface area (Å²) >= 11 is 1.77. The molecule has 0 saturated carbocycles. The summed E-state index contributed by atoms with van der Waals surface area (Å²) in [7, 11) is 0. The minimum Gasteiger partial charge on any atom is -0.303 e. The molecule has 0 bridgehead atoms. The molecule has 0 heterocycles. The maximum Gasteiger partial charge on any atom is 0.123 e. The Morgan fingerprint density at radius 1 is 1.15 bits per heavy atom. The molecule has 0 N–H and O–H groups in total. The van der Waals surface area contributed by atoms with Crippen molar-refractivity contribution in [1.29, 1.82) is 0 Å². The van der Waals surface area contributed by atoms with Crippen molar-refractivity contribution in [2.24, 2.45) is 0 Å². The summed E-state index contributed by atoms with van der Waals surface area (Å²) in [5.41, 5.74) is 0. The lowest BCUT2D eigenvalue weighted by Crippen LogP contribution is -1.73. The summed E-state index contributed by atoms with van der Waals surface area (Å²) in [5.74, 6) is 0.928. The molecule has 0 aliphatic heterocycles. The van der Waals surface area contributed by atoms with Gasteiger partial charge in [-0.1, -0.05) is 30.4 Å². The number of thioether (sulfide) groups is 1. The molecule has 0 amide bonds. The monoisotopic (exact) mass is 192 g/mol. The van der Waals surface area contributed by atoms with Gasteiger partial charge in [0.05, 0.1) is 0 Å². The molecule has 0 saturated heterocycles. The van der Waals surface area contributed by atoms with E-state index in [9.17, 15) is 4.79 Å². The molecule has 0 aromatic heterocycles. The van der Waals surface area contributed by atoms with E-state index in [4.69, 9.17) is 0 Å². The van der Waals surface area contributed by atoms with E-state index in [1.54, 1.807) is 11.8 Å². The second-order valence-corrected chi connectivity index (χ2v) is 3.59.